The van der Waals surface area contributed by atoms with Crippen LogP contribution >= 0.6 is 0 Å². The van der Waals surface area contributed by atoms with E-state index in [0.29, 0.717) is 19.1 Å². The van der Waals surface area contributed by atoms with Crippen LogP contribution in [0.25, 0.3) is 0 Å². The van der Waals surface area contributed by atoms with Gasteiger partial charge in [-0.15, -0.1) is 0 Å². The van der Waals surface area contributed by atoms with Crippen LogP contribution in [-0.2, 0) is 18.6 Å². The lowest BCUT2D eigenvalue weighted by Crippen LogP contribution is -2.43. The highest BCUT2D eigenvalue weighted by Crippen LogP contribution is 2.44. The van der Waals surface area contributed by atoms with Gasteiger partial charge < -0.3 is 18.6 Å². The van der Waals surface area contributed by atoms with Crippen molar-refractivity contribution in [2.75, 3.05) is 19.8 Å². The third-order valence-electron chi connectivity index (χ3n) is 5.47. The molecule has 0 aromatic rings. The van der Waals surface area contributed by atoms with E-state index in [1.807, 2.05) is 0 Å². The maximum Gasteiger partial charge on any atom is 0.215 e. The molecule has 4 nitrogen and oxygen atoms in total. The Bertz CT molecular complexity index is 420. The molecule has 1 spiro atoms. The zero-order valence-electron chi connectivity index (χ0n) is 13.8. The Morgan fingerprint density at radius 3 is 2.52 bits per heavy atom. The number of rotatable bonds is 3. The fraction of sp³-hybridized carbons (Fsp3) is 0.875. The predicted molar refractivity (Wildman–Crippen MR) is 83.7 cm³/mol. The third kappa shape index (κ3) is 2.74. The van der Waals surface area contributed by atoms with Gasteiger partial charge in [0.1, 0.15) is 6.10 Å². The SMILES string of the molecule is CC(C)(C)[Si](C)(C)OC[C@H]1C[C@@H]2O[C@H]1C=CC21OCCO1. The molecule has 2 fully saturated rings. The van der Waals surface area contributed by atoms with Crippen LogP contribution in [0.15, 0.2) is 12.2 Å². The van der Waals surface area contributed by atoms with Gasteiger partial charge in [-0.05, 0) is 30.6 Å². The molecule has 120 valence electrons. The smallest absolute Gasteiger partial charge is 0.215 e. The second-order valence-corrected chi connectivity index (χ2v) is 12.7. The first-order valence-corrected chi connectivity index (χ1v) is 10.9. The Labute approximate surface area is 128 Å². The Hall–Kier alpha value is -0.203. The number of ether oxygens (including phenoxy) is 3. The summed E-state index contributed by atoms with van der Waals surface area (Å²) in [5.74, 6) is -0.213. The molecule has 3 heterocycles. The molecule has 0 N–H and O–H groups in total. The van der Waals surface area contributed by atoms with Gasteiger partial charge in [0.15, 0.2) is 8.32 Å². The van der Waals surface area contributed by atoms with Crippen LogP contribution in [0.1, 0.15) is 27.2 Å². The lowest BCUT2D eigenvalue weighted by atomic mass is 10.0. The van der Waals surface area contributed by atoms with Crippen LogP contribution in [-0.4, -0.2) is 46.1 Å². The van der Waals surface area contributed by atoms with Crippen molar-refractivity contribution in [3.05, 3.63) is 12.2 Å². The van der Waals surface area contributed by atoms with Crippen LogP contribution in [0.5, 0.6) is 0 Å². The molecule has 0 aliphatic carbocycles. The van der Waals surface area contributed by atoms with Crippen molar-refractivity contribution < 1.29 is 18.6 Å². The summed E-state index contributed by atoms with van der Waals surface area (Å²) in [6.07, 6.45) is 5.28. The molecule has 2 bridgehead atoms. The average Bonchev–Trinajstić information content (AvgIpc) is 2.96. The highest BCUT2D eigenvalue weighted by molar-refractivity contribution is 6.74. The molecule has 0 unspecified atom stereocenters. The van der Waals surface area contributed by atoms with E-state index in [2.05, 4.69) is 46.0 Å². The van der Waals surface area contributed by atoms with Crippen LogP contribution in [0.3, 0.4) is 0 Å². The van der Waals surface area contributed by atoms with Gasteiger partial charge in [0.2, 0.25) is 5.79 Å². The fourth-order valence-corrected chi connectivity index (χ4v) is 4.05. The Morgan fingerprint density at radius 2 is 1.90 bits per heavy atom. The summed E-state index contributed by atoms with van der Waals surface area (Å²) in [7, 11) is -1.70. The third-order valence-corrected chi connectivity index (χ3v) is 9.97. The zero-order chi connectivity index (χ0) is 15.3. The number of hydrogen-bond donors (Lipinski definition) is 0. The summed E-state index contributed by atoms with van der Waals surface area (Å²) >= 11 is 0. The average molecular weight is 312 g/mol. The summed E-state index contributed by atoms with van der Waals surface area (Å²) in [5.41, 5.74) is 0. The van der Waals surface area contributed by atoms with Crippen LogP contribution < -0.4 is 0 Å². The van der Waals surface area contributed by atoms with E-state index in [9.17, 15) is 0 Å². The maximum atomic E-state index is 6.38. The van der Waals surface area contributed by atoms with Gasteiger partial charge >= 0.3 is 0 Å². The predicted octanol–water partition coefficient (Wildman–Crippen LogP) is 3.09. The van der Waals surface area contributed by atoms with Crippen LogP contribution in [0.2, 0.25) is 18.1 Å². The Morgan fingerprint density at radius 1 is 1.24 bits per heavy atom. The quantitative estimate of drug-likeness (QED) is 0.593. The summed E-state index contributed by atoms with van der Waals surface area (Å²) in [6, 6.07) is 0. The van der Waals surface area contributed by atoms with Crippen molar-refractivity contribution in [2.45, 2.75) is 63.3 Å². The molecular weight excluding hydrogens is 284 g/mol. The van der Waals surface area contributed by atoms with E-state index in [4.69, 9.17) is 18.6 Å². The van der Waals surface area contributed by atoms with E-state index in [1.165, 1.54) is 0 Å². The second-order valence-electron chi connectivity index (χ2n) is 7.93. The molecule has 3 rings (SSSR count). The molecule has 3 aliphatic rings. The van der Waals surface area contributed by atoms with E-state index < -0.39 is 14.1 Å². The van der Waals surface area contributed by atoms with Crippen molar-refractivity contribution >= 4 is 8.32 Å². The molecule has 0 radical (unpaired) electrons. The number of hydrogen-bond acceptors (Lipinski definition) is 4. The first kappa shape index (κ1) is 15.7. The van der Waals surface area contributed by atoms with Crippen molar-refractivity contribution in [2.24, 2.45) is 5.92 Å². The maximum absolute atomic E-state index is 6.38. The first-order chi connectivity index (χ1) is 9.74. The molecular formula is C16H28O4Si. The zero-order valence-corrected chi connectivity index (χ0v) is 14.8. The number of fused-ring (bicyclic) bond motifs is 3. The molecule has 0 aromatic carbocycles. The molecule has 21 heavy (non-hydrogen) atoms. The van der Waals surface area contributed by atoms with Gasteiger partial charge in [-0.2, -0.15) is 0 Å². The summed E-state index contributed by atoms with van der Waals surface area (Å²) in [4.78, 5) is 0. The van der Waals surface area contributed by atoms with Gasteiger partial charge in [-0.3, -0.25) is 0 Å². The van der Waals surface area contributed by atoms with Gasteiger partial charge in [0.25, 0.3) is 0 Å². The summed E-state index contributed by atoms with van der Waals surface area (Å²) < 4.78 is 24.1. The fourth-order valence-electron chi connectivity index (χ4n) is 2.98. The molecule has 3 atom stereocenters. The minimum atomic E-state index is -1.70. The molecule has 0 amide bonds. The van der Waals surface area contributed by atoms with Gasteiger partial charge in [0, 0.05) is 12.5 Å². The highest BCUT2D eigenvalue weighted by Gasteiger charge is 2.53. The lowest BCUT2D eigenvalue weighted by Gasteiger charge is -2.37. The van der Waals surface area contributed by atoms with Crippen molar-refractivity contribution in [1.82, 2.24) is 0 Å². The second kappa shape index (κ2) is 5.17. The largest absolute Gasteiger partial charge is 0.416 e. The summed E-state index contributed by atoms with van der Waals surface area (Å²) in [6.45, 7) is 13.5. The highest BCUT2D eigenvalue weighted by atomic mass is 28.4. The van der Waals surface area contributed by atoms with E-state index >= 15 is 0 Å². The van der Waals surface area contributed by atoms with Gasteiger partial charge in [-0.1, -0.05) is 26.8 Å². The van der Waals surface area contributed by atoms with Crippen molar-refractivity contribution in [1.29, 1.82) is 0 Å². The van der Waals surface area contributed by atoms with Gasteiger partial charge in [-0.25, -0.2) is 0 Å². The van der Waals surface area contributed by atoms with E-state index in [0.717, 1.165) is 13.0 Å². The van der Waals surface area contributed by atoms with Crippen LogP contribution in [0, 0.1) is 5.92 Å². The van der Waals surface area contributed by atoms with Gasteiger partial charge in [0.05, 0.1) is 19.3 Å². The normalized spacial score (nSPS) is 34.8. The van der Waals surface area contributed by atoms with Crippen LogP contribution in [0.4, 0.5) is 0 Å². The molecule has 2 saturated heterocycles. The Balaban J connectivity index is 1.62. The molecule has 0 saturated carbocycles. The monoisotopic (exact) mass is 312 g/mol. The standard InChI is InChI=1S/C16H28O4Si/c1-15(2,3)21(4,5)19-11-12-10-14-16(17-8-9-18-16)7-6-13(12)20-14/h6-7,12-14H,8-11H2,1-5H3/t12-,13+,14+/m1/s1. The van der Waals surface area contributed by atoms with Crippen molar-refractivity contribution in [3.8, 4) is 0 Å². The first-order valence-electron chi connectivity index (χ1n) is 8.00. The molecule has 3 aliphatic heterocycles. The topological polar surface area (TPSA) is 36.9 Å². The van der Waals surface area contributed by atoms with E-state index in [1.54, 1.807) is 0 Å². The summed E-state index contributed by atoms with van der Waals surface area (Å²) in [5, 5.41) is 0.246. The Kier molecular flexibility index (Phi) is 3.86. The van der Waals surface area contributed by atoms with E-state index in [-0.39, 0.29) is 17.2 Å². The minimum Gasteiger partial charge on any atom is -0.416 e. The minimum absolute atomic E-state index is 0.0167. The lowest BCUT2D eigenvalue weighted by molar-refractivity contribution is -0.200. The molecule has 5 heteroatoms. The molecule has 0 aromatic heterocycles. The van der Waals surface area contributed by atoms with Crippen molar-refractivity contribution in [3.63, 3.8) is 0 Å².